The van der Waals surface area contributed by atoms with E-state index in [1.165, 1.54) is 37.4 Å². The normalized spacial score (nSPS) is 12.5. The molecule has 0 N–H and O–H groups in total. The summed E-state index contributed by atoms with van der Waals surface area (Å²) in [5.74, 6) is 0. The van der Waals surface area contributed by atoms with Crippen molar-refractivity contribution in [2.45, 2.75) is 23.6 Å². The first-order valence-electron chi connectivity index (χ1n) is 9.38. The highest BCUT2D eigenvalue weighted by molar-refractivity contribution is 7.86. The van der Waals surface area contributed by atoms with Crippen LogP contribution in [0.2, 0.25) is 0 Å². The summed E-state index contributed by atoms with van der Waals surface area (Å²) in [6, 6.07) is 7.09. The van der Waals surface area contributed by atoms with Crippen LogP contribution in [-0.4, -0.2) is 90.3 Å². The molecule has 10 heteroatoms. The second-order valence-electron chi connectivity index (χ2n) is 8.73. The highest BCUT2D eigenvalue weighted by Crippen LogP contribution is 2.27. The SMILES string of the molecule is CC[N+](C)(C)C.CC[N+](C)(C)C.O=S(=O)([O-])c1cccc2c(S(=O)(=O)[O-])cccc12. The van der Waals surface area contributed by atoms with Crippen molar-refractivity contribution in [2.75, 3.05) is 55.4 Å². The van der Waals surface area contributed by atoms with Crippen LogP contribution in [0.3, 0.4) is 0 Å². The molecule has 2 aromatic rings. The van der Waals surface area contributed by atoms with E-state index in [1.807, 2.05) is 0 Å². The fraction of sp³-hybridized carbons (Fsp3) is 0.500. The van der Waals surface area contributed by atoms with Gasteiger partial charge in [-0.25, -0.2) is 16.8 Å². The maximum atomic E-state index is 11.0. The van der Waals surface area contributed by atoms with Crippen LogP contribution in [0.15, 0.2) is 46.2 Å². The molecule has 0 aliphatic heterocycles. The first-order valence-corrected chi connectivity index (χ1v) is 12.2. The van der Waals surface area contributed by atoms with Gasteiger partial charge in [-0.15, -0.1) is 0 Å². The van der Waals surface area contributed by atoms with Crippen molar-refractivity contribution < 1.29 is 34.9 Å². The molecule has 8 nitrogen and oxygen atoms in total. The predicted molar refractivity (Wildman–Crippen MR) is 117 cm³/mol. The Labute approximate surface area is 181 Å². The minimum atomic E-state index is -4.74. The predicted octanol–water partition coefficient (Wildman–Crippen LogP) is 2.07. The van der Waals surface area contributed by atoms with Gasteiger partial charge in [0.1, 0.15) is 20.2 Å². The molecule has 0 bridgehead atoms. The Bertz CT molecular complexity index is 950. The van der Waals surface area contributed by atoms with E-state index < -0.39 is 30.0 Å². The van der Waals surface area contributed by atoms with Crippen LogP contribution in [0.5, 0.6) is 0 Å². The summed E-state index contributed by atoms with van der Waals surface area (Å²) in [5.41, 5.74) is 0. The molecule has 0 heterocycles. The molecule has 30 heavy (non-hydrogen) atoms. The molecule has 0 radical (unpaired) electrons. The van der Waals surface area contributed by atoms with Crippen LogP contribution >= 0.6 is 0 Å². The Balaban J connectivity index is 0.000000580. The molecule has 0 amide bonds. The molecular formula is C20H34N2O6S2. The molecule has 0 unspecified atom stereocenters. The van der Waals surface area contributed by atoms with E-state index in [2.05, 4.69) is 56.1 Å². The lowest BCUT2D eigenvalue weighted by Crippen LogP contribution is -2.33. The Kier molecular flexibility index (Phi) is 10.1. The largest absolute Gasteiger partial charge is 0.744 e. The summed E-state index contributed by atoms with van der Waals surface area (Å²) >= 11 is 0. The highest BCUT2D eigenvalue weighted by atomic mass is 32.2. The molecule has 2 rings (SSSR count). The Morgan fingerprint density at radius 3 is 1.03 bits per heavy atom. The highest BCUT2D eigenvalue weighted by Gasteiger charge is 2.12. The summed E-state index contributed by atoms with van der Waals surface area (Å²) in [6.45, 7) is 6.78. The molecule has 0 saturated carbocycles. The number of hydrogen-bond donors (Lipinski definition) is 0. The lowest BCUT2D eigenvalue weighted by molar-refractivity contribution is -0.868. The summed E-state index contributed by atoms with van der Waals surface area (Å²) in [4.78, 5) is -1.10. The van der Waals surface area contributed by atoms with Crippen LogP contribution < -0.4 is 0 Å². The fourth-order valence-electron chi connectivity index (χ4n) is 1.69. The number of rotatable bonds is 4. The van der Waals surface area contributed by atoms with Crippen molar-refractivity contribution in [3.63, 3.8) is 0 Å². The average molecular weight is 463 g/mol. The van der Waals surface area contributed by atoms with Gasteiger partial charge in [0.15, 0.2) is 0 Å². The zero-order valence-electron chi connectivity index (χ0n) is 19.0. The smallest absolute Gasteiger partial charge is 0.125 e. The maximum absolute atomic E-state index is 11.0. The zero-order valence-corrected chi connectivity index (χ0v) is 20.7. The van der Waals surface area contributed by atoms with Crippen LogP contribution in [-0.2, 0) is 20.2 Å². The minimum Gasteiger partial charge on any atom is -0.744 e. The van der Waals surface area contributed by atoms with Crippen molar-refractivity contribution in [3.8, 4) is 0 Å². The first kappa shape index (κ1) is 28.4. The van der Waals surface area contributed by atoms with E-state index in [1.54, 1.807) is 0 Å². The lowest BCUT2D eigenvalue weighted by atomic mass is 10.1. The van der Waals surface area contributed by atoms with Gasteiger partial charge in [-0.1, -0.05) is 24.3 Å². The lowest BCUT2D eigenvalue weighted by Gasteiger charge is -2.20. The number of nitrogens with zero attached hydrogens (tertiary/aromatic N) is 2. The Hall–Kier alpha value is -1.56. The van der Waals surface area contributed by atoms with Crippen LogP contribution in [0.4, 0.5) is 0 Å². The summed E-state index contributed by atoms with van der Waals surface area (Å²) < 4.78 is 68.3. The molecule has 0 spiro atoms. The van der Waals surface area contributed by atoms with Crippen LogP contribution in [0.25, 0.3) is 10.8 Å². The number of hydrogen-bond acceptors (Lipinski definition) is 6. The van der Waals surface area contributed by atoms with Gasteiger partial charge in [0.05, 0.1) is 65.2 Å². The molecule has 2 aromatic carbocycles. The number of fused-ring (bicyclic) bond motifs is 1. The molecule has 0 aliphatic carbocycles. The van der Waals surface area contributed by atoms with E-state index in [-0.39, 0.29) is 10.8 Å². The zero-order chi connectivity index (χ0) is 24.0. The second-order valence-corrected chi connectivity index (χ2v) is 11.4. The van der Waals surface area contributed by atoms with Crippen molar-refractivity contribution in [1.29, 1.82) is 0 Å². The van der Waals surface area contributed by atoms with Gasteiger partial charge < -0.3 is 18.1 Å². The van der Waals surface area contributed by atoms with Crippen molar-refractivity contribution >= 4 is 31.0 Å². The molecule has 0 atom stereocenters. The van der Waals surface area contributed by atoms with Gasteiger partial charge in [-0.3, -0.25) is 0 Å². The van der Waals surface area contributed by atoms with Crippen molar-refractivity contribution in [1.82, 2.24) is 0 Å². The summed E-state index contributed by atoms with van der Waals surface area (Å²) in [5, 5.41) is -0.158. The monoisotopic (exact) mass is 462 g/mol. The van der Waals surface area contributed by atoms with Gasteiger partial charge >= 0.3 is 0 Å². The van der Waals surface area contributed by atoms with E-state index in [9.17, 15) is 25.9 Å². The number of quaternary nitrogens is 2. The third kappa shape index (κ3) is 10.5. The summed E-state index contributed by atoms with van der Waals surface area (Å²) in [7, 11) is 3.61. The molecule has 0 aromatic heterocycles. The second kappa shape index (κ2) is 10.7. The van der Waals surface area contributed by atoms with Crippen molar-refractivity contribution in [3.05, 3.63) is 36.4 Å². The molecular weight excluding hydrogens is 428 g/mol. The Morgan fingerprint density at radius 1 is 0.633 bits per heavy atom. The van der Waals surface area contributed by atoms with E-state index in [4.69, 9.17) is 0 Å². The van der Waals surface area contributed by atoms with Gasteiger partial charge in [0, 0.05) is 10.8 Å². The summed E-state index contributed by atoms with van der Waals surface area (Å²) in [6.07, 6.45) is 0. The maximum Gasteiger partial charge on any atom is 0.125 e. The van der Waals surface area contributed by atoms with Crippen LogP contribution in [0, 0.1) is 0 Å². The first-order chi connectivity index (χ1) is 13.3. The third-order valence-electron chi connectivity index (χ3n) is 4.28. The molecule has 0 fully saturated rings. The van der Waals surface area contributed by atoms with Crippen molar-refractivity contribution in [2.24, 2.45) is 0 Å². The molecule has 0 aliphatic rings. The fourth-order valence-corrected chi connectivity index (χ4v) is 3.07. The van der Waals surface area contributed by atoms with Gasteiger partial charge in [-0.2, -0.15) is 0 Å². The van der Waals surface area contributed by atoms with E-state index in [0.29, 0.717) is 0 Å². The van der Waals surface area contributed by atoms with Gasteiger partial charge in [0.25, 0.3) is 0 Å². The Morgan fingerprint density at radius 2 is 0.867 bits per heavy atom. The van der Waals surface area contributed by atoms with Crippen LogP contribution in [0.1, 0.15) is 13.8 Å². The standard InChI is InChI=1S/C10H8O6S2.2C5H14N/c11-17(12,13)9-5-1-3-7-8(9)4-2-6-10(7)18(14,15)16;2*1-5-6(2,3)4/h1-6H,(H,11,12,13)(H,14,15,16);2*5H2,1-4H3/q;2*+1/p-2. The number of benzene rings is 2. The van der Waals surface area contributed by atoms with Gasteiger partial charge in [0.2, 0.25) is 0 Å². The van der Waals surface area contributed by atoms with E-state index in [0.717, 1.165) is 21.1 Å². The average Bonchev–Trinajstić information content (AvgIpc) is 2.59. The molecule has 172 valence electrons. The quantitative estimate of drug-likeness (QED) is 0.507. The molecule has 0 saturated heterocycles. The van der Waals surface area contributed by atoms with Gasteiger partial charge in [-0.05, 0) is 26.0 Å². The third-order valence-corrected chi connectivity index (χ3v) is 6.07. The topological polar surface area (TPSA) is 114 Å². The minimum absolute atomic E-state index is 0.0792. The van der Waals surface area contributed by atoms with E-state index >= 15 is 0 Å².